The highest BCUT2D eigenvalue weighted by atomic mass is 16.5. The molecule has 1 nitrogen and oxygen atoms in total. The summed E-state index contributed by atoms with van der Waals surface area (Å²) in [6, 6.07) is 10.6. The Balaban J connectivity index is 2.27. The summed E-state index contributed by atoms with van der Waals surface area (Å²) in [5.74, 6) is 0. The van der Waals surface area contributed by atoms with Gasteiger partial charge in [-0.05, 0) is 39.2 Å². The maximum absolute atomic E-state index is 5.67. The molecule has 1 atom stereocenters. The van der Waals surface area contributed by atoms with Gasteiger partial charge in [0.2, 0.25) is 0 Å². The fourth-order valence-corrected chi connectivity index (χ4v) is 1.55. The van der Waals surface area contributed by atoms with Gasteiger partial charge in [0, 0.05) is 0 Å². The maximum atomic E-state index is 5.67. The van der Waals surface area contributed by atoms with Crippen molar-refractivity contribution in [2.24, 2.45) is 0 Å². The molecule has 1 rings (SSSR count). The summed E-state index contributed by atoms with van der Waals surface area (Å²) in [7, 11) is 0. The van der Waals surface area contributed by atoms with Crippen molar-refractivity contribution in [3.63, 3.8) is 0 Å². The van der Waals surface area contributed by atoms with Crippen LogP contribution in [0.2, 0.25) is 0 Å². The van der Waals surface area contributed by atoms with Crippen LogP contribution in [-0.2, 0) is 11.2 Å². The first-order chi connectivity index (χ1) is 6.68. The Bertz CT molecular complexity index is 241. The van der Waals surface area contributed by atoms with E-state index in [1.165, 1.54) is 5.56 Å². The summed E-state index contributed by atoms with van der Waals surface area (Å²) in [6.45, 7) is 6.31. The van der Waals surface area contributed by atoms with Crippen molar-refractivity contribution < 1.29 is 4.74 Å². The van der Waals surface area contributed by atoms with Gasteiger partial charge in [-0.1, -0.05) is 30.3 Å². The van der Waals surface area contributed by atoms with Crippen molar-refractivity contribution in [3.8, 4) is 0 Å². The van der Waals surface area contributed by atoms with Gasteiger partial charge in [0.1, 0.15) is 0 Å². The molecule has 0 saturated carbocycles. The Morgan fingerprint density at radius 3 is 2.29 bits per heavy atom. The number of hydrogen-bond acceptors (Lipinski definition) is 1. The molecular weight excluding hydrogens is 172 g/mol. The SMILES string of the molecule is CC(C)OC(C)CCc1ccccc1. The van der Waals surface area contributed by atoms with E-state index in [1.54, 1.807) is 0 Å². The van der Waals surface area contributed by atoms with Gasteiger partial charge in [0.05, 0.1) is 12.2 Å². The first-order valence-corrected chi connectivity index (χ1v) is 5.38. The van der Waals surface area contributed by atoms with Gasteiger partial charge in [-0.2, -0.15) is 0 Å². The number of ether oxygens (including phenoxy) is 1. The van der Waals surface area contributed by atoms with Crippen LogP contribution >= 0.6 is 0 Å². The third-order valence-electron chi connectivity index (χ3n) is 2.19. The lowest BCUT2D eigenvalue weighted by molar-refractivity contribution is 0.0147. The van der Waals surface area contributed by atoms with Crippen molar-refractivity contribution in [2.45, 2.75) is 45.8 Å². The van der Waals surface area contributed by atoms with Gasteiger partial charge in [-0.25, -0.2) is 0 Å². The molecule has 1 heteroatoms. The Kier molecular flexibility index (Phi) is 4.68. The van der Waals surface area contributed by atoms with E-state index in [-0.39, 0.29) is 0 Å². The van der Waals surface area contributed by atoms with Gasteiger partial charge in [0.25, 0.3) is 0 Å². The minimum atomic E-state index is 0.334. The molecule has 0 fully saturated rings. The highest BCUT2D eigenvalue weighted by Crippen LogP contribution is 2.08. The second-order valence-electron chi connectivity index (χ2n) is 4.02. The monoisotopic (exact) mass is 192 g/mol. The molecule has 0 heterocycles. The molecular formula is C13H20O. The smallest absolute Gasteiger partial charge is 0.0553 e. The number of hydrogen-bond donors (Lipinski definition) is 0. The topological polar surface area (TPSA) is 9.23 Å². The van der Waals surface area contributed by atoms with Gasteiger partial charge in [-0.3, -0.25) is 0 Å². The minimum absolute atomic E-state index is 0.334. The van der Waals surface area contributed by atoms with Crippen molar-refractivity contribution >= 4 is 0 Å². The van der Waals surface area contributed by atoms with Crippen molar-refractivity contribution in [1.82, 2.24) is 0 Å². The van der Waals surface area contributed by atoms with E-state index in [4.69, 9.17) is 4.74 Å². The van der Waals surface area contributed by atoms with Crippen LogP contribution in [0.4, 0.5) is 0 Å². The third kappa shape index (κ3) is 4.43. The zero-order valence-electron chi connectivity index (χ0n) is 9.36. The van der Waals surface area contributed by atoms with Crippen molar-refractivity contribution in [2.75, 3.05) is 0 Å². The highest BCUT2D eigenvalue weighted by Gasteiger charge is 2.04. The molecule has 14 heavy (non-hydrogen) atoms. The van der Waals surface area contributed by atoms with Gasteiger partial charge in [-0.15, -0.1) is 0 Å². The van der Waals surface area contributed by atoms with Crippen LogP contribution in [0.1, 0.15) is 32.8 Å². The summed E-state index contributed by atoms with van der Waals surface area (Å²) in [5.41, 5.74) is 1.40. The first-order valence-electron chi connectivity index (χ1n) is 5.38. The summed E-state index contributed by atoms with van der Waals surface area (Å²) in [5, 5.41) is 0. The molecule has 1 aromatic rings. The second-order valence-corrected chi connectivity index (χ2v) is 4.02. The van der Waals surface area contributed by atoms with Crippen LogP contribution < -0.4 is 0 Å². The van der Waals surface area contributed by atoms with Crippen LogP contribution in [0, 0.1) is 0 Å². The summed E-state index contributed by atoms with van der Waals surface area (Å²) >= 11 is 0. The molecule has 0 spiro atoms. The van der Waals surface area contributed by atoms with E-state index in [0.29, 0.717) is 12.2 Å². The zero-order valence-corrected chi connectivity index (χ0v) is 9.36. The Morgan fingerprint density at radius 1 is 1.07 bits per heavy atom. The van der Waals surface area contributed by atoms with E-state index in [1.807, 2.05) is 0 Å². The van der Waals surface area contributed by atoms with E-state index in [0.717, 1.165) is 12.8 Å². The van der Waals surface area contributed by atoms with Crippen LogP contribution in [-0.4, -0.2) is 12.2 Å². The van der Waals surface area contributed by atoms with Crippen molar-refractivity contribution in [1.29, 1.82) is 0 Å². The average molecular weight is 192 g/mol. The molecule has 0 aliphatic rings. The Labute approximate surface area is 87.1 Å². The van der Waals surface area contributed by atoms with Crippen LogP contribution in [0.15, 0.2) is 30.3 Å². The molecule has 0 radical (unpaired) electrons. The predicted molar refractivity (Wildman–Crippen MR) is 60.4 cm³/mol. The molecule has 0 aliphatic carbocycles. The largest absolute Gasteiger partial charge is 0.376 e. The van der Waals surface area contributed by atoms with E-state index < -0.39 is 0 Å². The quantitative estimate of drug-likeness (QED) is 0.694. The average Bonchev–Trinajstić information content (AvgIpc) is 2.15. The molecule has 0 amide bonds. The molecule has 0 aliphatic heterocycles. The standard InChI is InChI=1S/C13H20O/c1-11(2)14-12(3)9-10-13-7-5-4-6-8-13/h4-8,11-12H,9-10H2,1-3H3. The fourth-order valence-electron chi connectivity index (χ4n) is 1.55. The van der Waals surface area contributed by atoms with Crippen molar-refractivity contribution in [3.05, 3.63) is 35.9 Å². The van der Waals surface area contributed by atoms with E-state index >= 15 is 0 Å². The lowest BCUT2D eigenvalue weighted by Crippen LogP contribution is -2.14. The maximum Gasteiger partial charge on any atom is 0.0553 e. The van der Waals surface area contributed by atoms with Gasteiger partial charge in [0.15, 0.2) is 0 Å². The minimum Gasteiger partial charge on any atom is -0.376 e. The molecule has 1 aromatic carbocycles. The van der Waals surface area contributed by atoms with Crippen LogP contribution in [0.25, 0.3) is 0 Å². The van der Waals surface area contributed by atoms with Crippen LogP contribution in [0.3, 0.4) is 0 Å². The second kappa shape index (κ2) is 5.82. The number of benzene rings is 1. The molecule has 1 unspecified atom stereocenters. The molecule has 78 valence electrons. The normalized spacial score (nSPS) is 13.1. The van der Waals surface area contributed by atoms with Gasteiger partial charge >= 0.3 is 0 Å². The molecule has 0 N–H and O–H groups in total. The molecule has 0 bridgehead atoms. The first kappa shape index (κ1) is 11.3. The fraction of sp³-hybridized carbons (Fsp3) is 0.538. The highest BCUT2D eigenvalue weighted by molar-refractivity contribution is 5.14. The summed E-state index contributed by atoms with van der Waals surface area (Å²) in [4.78, 5) is 0. The van der Waals surface area contributed by atoms with Crippen LogP contribution in [0.5, 0.6) is 0 Å². The number of rotatable bonds is 5. The number of aryl methyl sites for hydroxylation is 1. The molecule has 0 saturated heterocycles. The van der Waals surface area contributed by atoms with E-state index in [2.05, 4.69) is 51.1 Å². The lowest BCUT2D eigenvalue weighted by Gasteiger charge is -2.15. The third-order valence-corrected chi connectivity index (χ3v) is 2.19. The van der Waals surface area contributed by atoms with E-state index in [9.17, 15) is 0 Å². The predicted octanol–water partition coefficient (Wildman–Crippen LogP) is 3.43. The lowest BCUT2D eigenvalue weighted by atomic mass is 10.1. The Hall–Kier alpha value is -0.820. The zero-order chi connectivity index (χ0) is 10.4. The Morgan fingerprint density at radius 2 is 1.71 bits per heavy atom. The van der Waals surface area contributed by atoms with Gasteiger partial charge < -0.3 is 4.74 Å². The summed E-state index contributed by atoms with van der Waals surface area (Å²) < 4.78 is 5.67. The molecule has 0 aromatic heterocycles. The summed E-state index contributed by atoms with van der Waals surface area (Å²) in [6.07, 6.45) is 2.90.